The Labute approximate surface area is 179 Å². The van der Waals surface area contributed by atoms with Crippen LogP contribution in [0.15, 0.2) is 54.6 Å². The van der Waals surface area contributed by atoms with E-state index >= 15 is 0 Å². The monoisotopic (exact) mass is 418 g/mol. The first kappa shape index (κ1) is 20.3. The zero-order chi connectivity index (χ0) is 21.6. The third kappa shape index (κ3) is 4.61. The van der Waals surface area contributed by atoms with E-state index in [0.29, 0.717) is 29.7 Å². The molecule has 1 amide bonds. The molecule has 2 aromatic heterocycles. The van der Waals surface area contributed by atoms with Crippen LogP contribution in [0.1, 0.15) is 19.0 Å². The van der Waals surface area contributed by atoms with Gasteiger partial charge in [0.25, 0.3) is 0 Å². The minimum absolute atomic E-state index is 0.205. The Bertz CT molecular complexity index is 1210. The summed E-state index contributed by atoms with van der Waals surface area (Å²) in [6.07, 6.45) is 0.225. The predicted octanol–water partition coefficient (Wildman–Crippen LogP) is 3.96. The lowest BCUT2D eigenvalue weighted by Gasteiger charge is -2.13. The van der Waals surface area contributed by atoms with Crippen LogP contribution >= 0.6 is 0 Å². The number of benzene rings is 2. The lowest BCUT2D eigenvalue weighted by molar-refractivity contribution is 0.161. The minimum Gasteiger partial charge on any atom is -0.487 e. The van der Waals surface area contributed by atoms with Crippen molar-refractivity contribution in [2.24, 2.45) is 7.05 Å². The highest BCUT2D eigenvalue weighted by atomic mass is 16.5. The molecule has 1 N–H and O–H groups in total. The van der Waals surface area contributed by atoms with Crippen molar-refractivity contribution in [3.63, 3.8) is 0 Å². The molecule has 2 aromatic carbocycles. The van der Waals surface area contributed by atoms with Gasteiger partial charge < -0.3 is 9.47 Å². The molecule has 0 radical (unpaired) electrons. The van der Waals surface area contributed by atoms with Gasteiger partial charge in [-0.1, -0.05) is 43.3 Å². The number of pyridine rings is 1. The molecule has 0 aliphatic rings. The maximum Gasteiger partial charge on any atom is 0.412 e. The number of amides is 1. The van der Waals surface area contributed by atoms with E-state index in [-0.39, 0.29) is 6.61 Å². The molecule has 9 nitrogen and oxygen atoms in total. The lowest BCUT2D eigenvalue weighted by atomic mass is 10.0. The number of carbonyl (C=O) groups excluding carboxylic acids is 1. The molecule has 2 heterocycles. The molecule has 0 bridgehead atoms. The topological polar surface area (TPSA) is 104 Å². The van der Waals surface area contributed by atoms with Crippen molar-refractivity contribution in [1.29, 1.82) is 0 Å². The Kier molecular flexibility index (Phi) is 6.02. The summed E-state index contributed by atoms with van der Waals surface area (Å²) in [5, 5.41) is 16.6. The molecule has 0 saturated carbocycles. The van der Waals surface area contributed by atoms with Crippen molar-refractivity contribution >= 4 is 22.7 Å². The third-order valence-electron chi connectivity index (χ3n) is 4.58. The van der Waals surface area contributed by atoms with Crippen LogP contribution in [0.2, 0.25) is 0 Å². The molecule has 9 heteroatoms. The summed E-state index contributed by atoms with van der Waals surface area (Å²) in [4.78, 5) is 16.2. The largest absolute Gasteiger partial charge is 0.487 e. The van der Waals surface area contributed by atoms with Gasteiger partial charge in [-0.2, -0.15) is 0 Å². The molecule has 4 aromatic rings. The second-order valence-corrected chi connectivity index (χ2v) is 6.85. The number of tetrazole rings is 1. The molecular formula is C22H22N6O3. The number of carbonyl (C=O) groups is 1. The van der Waals surface area contributed by atoms with Gasteiger partial charge in [0.2, 0.25) is 0 Å². The van der Waals surface area contributed by atoms with Crippen LogP contribution in [0, 0.1) is 0 Å². The number of ether oxygens (including phenoxy) is 2. The molecule has 0 fully saturated rings. The average Bonchev–Trinajstić information content (AvgIpc) is 3.21. The van der Waals surface area contributed by atoms with Crippen LogP contribution in [0.5, 0.6) is 5.75 Å². The molecule has 4 rings (SSSR count). The first-order valence-corrected chi connectivity index (χ1v) is 9.92. The summed E-state index contributed by atoms with van der Waals surface area (Å²) in [6.45, 7) is 2.49. The predicted molar refractivity (Wildman–Crippen MR) is 116 cm³/mol. The highest BCUT2D eigenvalue weighted by molar-refractivity contribution is 5.98. The number of fused-ring (bicyclic) bond motifs is 1. The number of nitrogens with zero attached hydrogens (tertiary/aromatic N) is 5. The Balaban J connectivity index is 1.58. The van der Waals surface area contributed by atoms with E-state index in [9.17, 15) is 4.79 Å². The van der Waals surface area contributed by atoms with Crippen LogP contribution in [-0.2, 0) is 18.4 Å². The number of nitrogens with one attached hydrogen (secondary N) is 1. The fourth-order valence-electron chi connectivity index (χ4n) is 3.16. The second-order valence-electron chi connectivity index (χ2n) is 6.85. The molecule has 0 saturated heterocycles. The standard InChI is InChI=1S/C22H22N6O3/c1-3-13-30-22(29)24-19-10-6-8-16(23-19)14-31-18-12-11-15-7-4-5-9-17(15)20(18)21-25-26-27-28(21)2/h4-12H,3,13-14H2,1-2H3,(H,23,24,29). The van der Waals surface area contributed by atoms with Gasteiger partial charge in [0.15, 0.2) is 5.82 Å². The second kappa shape index (κ2) is 9.21. The number of hydrogen-bond donors (Lipinski definition) is 1. The number of aryl methyl sites for hydroxylation is 1. The summed E-state index contributed by atoms with van der Waals surface area (Å²) >= 11 is 0. The van der Waals surface area contributed by atoms with E-state index in [1.807, 2.05) is 49.4 Å². The van der Waals surface area contributed by atoms with Crippen LogP contribution in [0.4, 0.5) is 10.6 Å². The van der Waals surface area contributed by atoms with E-state index in [2.05, 4.69) is 25.8 Å². The van der Waals surface area contributed by atoms with E-state index < -0.39 is 6.09 Å². The molecule has 0 aliphatic heterocycles. The van der Waals surface area contributed by atoms with Gasteiger partial charge >= 0.3 is 6.09 Å². The van der Waals surface area contributed by atoms with Crippen molar-refractivity contribution in [2.45, 2.75) is 20.0 Å². The van der Waals surface area contributed by atoms with Gasteiger partial charge in [0.1, 0.15) is 18.2 Å². The van der Waals surface area contributed by atoms with Crippen molar-refractivity contribution in [2.75, 3.05) is 11.9 Å². The Morgan fingerprint density at radius 3 is 2.77 bits per heavy atom. The van der Waals surface area contributed by atoms with Crippen LogP contribution < -0.4 is 10.1 Å². The van der Waals surface area contributed by atoms with E-state index in [1.165, 1.54) is 0 Å². The summed E-state index contributed by atoms with van der Waals surface area (Å²) in [5.74, 6) is 1.64. The van der Waals surface area contributed by atoms with Gasteiger partial charge in [0.05, 0.1) is 17.9 Å². The van der Waals surface area contributed by atoms with E-state index in [0.717, 1.165) is 22.8 Å². The van der Waals surface area contributed by atoms with Crippen LogP contribution in [0.25, 0.3) is 22.2 Å². The molecule has 0 unspecified atom stereocenters. The zero-order valence-electron chi connectivity index (χ0n) is 17.3. The number of anilines is 1. The molecule has 31 heavy (non-hydrogen) atoms. The Morgan fingerprint density at radius 2 is 1.97 bits per heavy atom. The highest BCUT2D eigenvalue weighted by Crippen LogP contribution is 2.36. The summed E-state index contributed by atoms with van der Waals surface area (Å²) < 4.78 is 12.8. The van der Waals surface area contributed by atoms with Gasteiger partial charge in [-0.25, -0.2) is 14.5 Å². The minimum atomic E-state index is -0.529. The SMILES string of the molecule is CCCOC(=O)Nc1cccc(COc2ccc3ccccc3c2-c2nnnn2C)n1. The van der Waals surface area contributed by atoms with Gasteiger partial charge in [0, 0.05) is 7.05 Å². The average molecular weight is 418 g/mol. The summed E-state index contributed by atoms with van der Waals surface area (Å²) in [5.41, 5.74) is 1.46. The fraction of sp³-hybridized carbons (Fsp3) is 0.227. The normalized spacial score (nSPS) is 10.8. The quantitative estimate of drug-likeness (QED) is 0.484. The van der Waals surface area contributed by atoms with Gasteiger partial charge in [-0.05, 0) is 45.8 Å². The van der Waals surface area contributed by atoms with Crippen LogP contribution in [0.3, 0.4) is 0 Å². The van der Waals surface area contributed by atoms with Crippen molar-refractivity contribution in [3.05, 3.63) is 60.3 Å². The van der Waals surface area contributed by atoms with Crippen molar-refractivity contribution in [3.8, 4) is 17.1 Å². The smallest absolute Gasteiger partial charge is 0.412 e. The van der Waals surface area contributed by atoms with Crippen LogP contribution in [-0.4, -0.2) is 37.9 Å². The summed E-state index contributed by atoms with van der Waals surface area (Å²) in [6, 6.07) is 17.2. The fourth-order valence-corrected chi connectivity index (χ4v) is 3.16. The summed E-state index contributed by atoms with van der Waals surface area (Å²) in [7, 11) is 1.79. The molecule has 0 spiro atoms. The van der Waals surface area contributed by atoms with E-state index in [1.54, 1.807) is 23.9 Å². The Morgan fingerprint density at radius 1 is 1.10 bits per heavy atom. The third-order valence-corrected chi connectivity index (χ3v) is 4.58. The number of rotatable bonds is 7. The maximum atomic E-state index is 11.8. The number of aromatic nitrogens is 5. The molecular weight excluding hydrogens is 396 g/mol. The molecule has 158 valence electrons. The maximum absolute atomic E-state index is 11.8. The number of hydrogen-bond acceptors (Lipinski definition) is 7. The van der Waals surface area contributed by atoms with E-state index in [4.69, 9.17) is 9.47 Å². The van der Waals surface area contributed by atoms with Crippen molar-refractivity contribution in [1.82, 2.24) is 25.2 Å². The Hall–Kier alpha value is -4.01. The first-order chi connectivity index (χ1) is 15.2. The molecule has 0 aliphatic carbocycles. The van der Waals surface area contributed by atoms with Crippen molar-refractivity contribution < 1.29 is 14.3 Å². The first-order valence-electron chi connectivity index (χ1n) is 9.92. The van der Waals surface area contributed by atoms with Gasteiger partial charge in [-0.15, -0.1) is 5.10 Å². The van der Waals surface area contributed by atoms with Gasteiger partial charge in [-0.3, -0.25) is 5.32 Å². The zero-order valence-corrected chi connectivity index (χ0v) is 17.3. The lowest BCUT2D eigenvalue weighted by Crippen LogP contribution is -2.15. The molecule has 0 atom stereocenters. The highest BCUT2D eigenvalue weighted by Gasteiger charge is 2.17.